The summed E-state index contributed by atoms with van der Waals surface area (Å²) in [5.41, 5.74) is 8.39. The molecule has 1 aromatic carbocycles. The highest BCUT2D eigenvalue weighted by molar-refractivity contribution is 5.69. The number of rotatable bonds is 6. The number of pyridine rings is 2. The Morgan fingerprint density at radius 1 is 0.939 bits per heavy atom. The monoisotopic (exact) mass is 432 g/mol. The molecule has 1 saturated carbocycles. The van der Waals surface area contributed by atoms with Crippen molar-refractivity contribution in [2.24, 2.45) is 0 Å². The van der Waals surface area contributed by atoms with Gasteiger partial charge >= 0.3 is 0 Å². The van der Waals surface area contributed by atoms with Gasteiger partial charge in [0.1, 0.15) is 5.82 Å². The number of nitrogens with one attached hydrogen (secondary N) is 1. The lowest BCUT2D eigenvalue weighted by molar-refractivity contribution is 0.926. The normalized spacial score (nSPS) is 13.4. The Hall–Kier alpha value is -4.06. The van der Waals surface area contributed by atoms with E-state index in [2.05, 4.69) is 56.8 Å². The molecule has 0 radical (unpaired) electrons. The van der Waals surface area contributed by atoms with Gasteiger partial charge in [-0.25, -0.2) is 4.98 Å². The molecule has 0 unspecified atom stereocenters. The maximum atomic E-state index is 5.00. The molecule has 0 aliphatic heterocycles. The molecule has 6 heteroatoms. The van der Waals surface area contributed by atoms with E-state index in [1.807, 2.05) is 54.3 Å². The van der Waals surface area contributed by atoms with Crippen LogP contribution in [0.1, 0.15) is 35.6 Å². The van der Waals surface area contributed by atoms with E-state index in [4.69, 9.17) is 4.98 Å². The molecule has 6 rings (SSSR count). The molecule has 1 aliphatic rings. The van der Waals surface area contributed by atoms with Crippen molar-refractivity contribution in [1.82, 2.24) is 24.6 Å². The van der Waals surface area contributed by atoms with Crippen LogP contribution in [0, 0.1) is 6.92 Å². The van der Waals surface area contributed by atoms with Crippen molar-refractivity contribution >= 4 is 11.5 Å². The third-order valence-corrected chi connectivity index (χ3v) is 6.19. The summed E-state index contributed by atoms with van der Waals surface area (Å²) in [5, 5.41) is 8.26. The predicted molar refractivity (Wildman–Crippen MR) is 130 cm³/mol. The molecule has 162 valence electrons. The van der Waals surface area contributed by atoms with Gasteiger partial charge in [-0.2, -0.15) is 9.61 Å². The number of anilines is 1. The standard InChI is InChI=1S/C27H24N6/c1-18-22(5-4-14-28-18)25-15-26(33-27(32-25)23(17-31-33)20-11-12-20)30-16-19-7-9-21(10-8-19)24-6-2-3-13-29-24/h2-10,13-15,17,20,30H,11-12,16H2,1H3. The van der Waals surface area contributed by atoms with E-state index in [1.165, 1.54) is 24.0 Å². The van der Waals surface area contributed by atoms with Gasteiger partial charge < -0.3 is 5.32 Å². The summed E-state index contributed by atoms with van der Waals surface area (Å²) in [6.07, 6.45) is 8.04. The molecule has 33 heavy (non-hydrogen) atoms. The van der Waals surface area contributed by atoms with Gasteiger partial charge in [-0.05, 0) is 55.5 Å². The van der Waals surface area contributed by atoms with E-state index in [-0.39, 0.29) is 0 Å². The third kappa shape index (κ3) is 3.84. The van der Waals surface area contributed by atoms with E-state index < -0.39 is 0 Å². The molecule has 0 amide bonds. The van der Waals surface area contributed by atoms with Crippen LogP contribution in [0.2, 0.25) is 0 Å². The van der Waals surface area contributed by atoms with Gasteiger partial charge in [-0.15, -0.1) is 0 Å². The molecule has 6 nitrogen and oxygen atoms in total. The maximum Gasteiger partial charge on any atom is 0.161 e. The molecule has 0 bridgehead atoms. The second-order valence-corrected chi connectivity index (χ2v) is 8.54. The lowest BCUT2D eigenvalue weighted by Gasteiger charge is -2.12. The second kappa shape index (κ2) is 8.13. The van der Waals surface area contributed by atoms with Crippen LogP contribution in [0.3, 0.4) is 0 Å². The Balaban J connectivity index is 1.33. The van der Waals surface area contributed by atoms with Crippen LogP contribution in [-0.4, -0.2) is 24.6 Å². The Morgan fingerprint density at radius 3 is 2.55 bits per heavy atom. The molecular formula is C27H24N6. The molecule has 4 aromatic heterocycles. The number of benzene rings is 1. The molecule has 1 N–H and O–H groups in total. The van der Waals surface area contributed by atoms with Crippen molar-refractivity contribution in [3.05, 3.63) is 96.1 Å². The average Bonchev–Trinajstić information content (AvgIpc) is 3.62. The molecule has 0 spiro atoms. The van der Waals surface area contributed by atoms with Crippen LogP contribution >= 0.6 is 0 Å². The Bertz CT molecular complexity index is 1420. The van der Waals surface area contributed by atoms with Crippen LogP contribution in [0.15, 0.2) is 79.3 Å². The molecule has 1 fully saturated rings. The first kappa shape index (κ1) is 19.6. The van der Waals surface area contributed by atoms with Crippen molar-refractivity contribution in [2.45, 2.75) is 32.2 Å². The van der Waals surface area contributed by atoms with Crippen molar-refractivity contribution < 1.29 is 0 Å². The summed E-state index contributed by atoms with van der Waals surface area (Å²) in [7, 11) is 0. The fourth-order valence-electron chi connectivity index (χ4n) is 4.20. The zero-order valence-corrected chi connectivity index (χ0v) is 18.4. The van der Waals surface area contributed by atoms with Crippen LogP contribution in [0.25, 0.3) is 28.2 Å². The summed E-state index contributed by atoms with van der Waals surface area (Å²) in [6.45, 7) is 2.71. The van der Waals surface area contributed by atoms with Gasteiger partial charge in [-0.3, -0.25) is 9.97 Å². The minimum atomic E-state index is 0.576. The summed E-state index contributed by atoms with van der Waals surface area (Å²) in [6, 6.07) is 20.6. The van der Waals surface area contributed by atoms with E-state index in [9.17, 15) is 0 Å². The van der Waals surface area contributed by atoms with Gasteiger partial charge in [0, 0.05) is 47.4 Å². The molecule has 1 aliphatic carbocycles. The second-order valence-electron chi connectivity index (χ2n) is 8.54. The first-order chi connectivity index (χ1) is 16.3. The van der Waals surface area contributed by atoms with Crippen molar-refractivity contribution in [3.63, 3.8) is 0 Å². The fourth-order valence-corrected chi connectivity index (χ4v) is 4.20. The molecule has 5 aromatic rings. The summed E-state index contributed by atoms with van der Waals surface area (Å²) in [5.74, 6) is 1.51. The van der Waals surface area contributed by atoms with E-state index in [0.717, 1.165) is 39.7 Å². The molecule has 0 atom stereocenters. The topological polar surface area (TPSA) is 68.0 Å². The number of fused-ring (bicyclic) bond motifs is 1. The molecule has 4 heterocycles. The number of hydrogen-bond acceptors (Lipinski definition) is 5. The first-order valence-electron chi connectivity index (χ1n) is 11.3. The molecular weight excluding hydrogens is 408 g/mol. The highest BCUT2D eigenvalue weighted by Crippen LogP contribution is 2.42. The van der Waals surface area contributed by atoms with Crippen LogP contribution < -0.4 is 5.32 Å². The first-order valence-corrected chi connectivity index (χ1v) is 11.3. The van der Waals surface area contributed by atoms with E-state index in [0.29, 0.717) is 12.5 Å². The lowest BCUT2D eigenvalue weighted by atomic mass is 10.1. The summed E-state index contributed by atoms with van der Waals surface area (Å²) >= 11 is 0. The SMILES string of the molecule is Cc1ncccc1-c1cc(NCc2ccc(-c3ccccn3)cc2)n2ncc(C3CC3)c2n1. The Morgan fingerprint density at radius 2 is 1.79 bits per heavy atom. The maximum absolute atomic E-state index is 5.00. The summed E-state index contributed by atoms with van der Waals surface area (Å²) in [4.78, 5) is 13.9. The number of nitrogens with zero attached hydrogens (tertiary/aromatic N) is 5. The minimum absolute atomic E-state index is 0.576. The van der Waals surface area contributed by atoms with Gasteiger partial charge in [0.25, 0.3) is 0 Å². The zero-order valence-electron chi connectivity index (χ0n) is 18.4. The Labute approximate surface area is 192 Å². The van der Waals surface area contributed by atoms with Crippen LogP contribution in [0.5, 0.6) is 0 Å². The van der Waals surface area contributed by atoms with Crippen molar-refractivity contribution in [3.8, 4) is 22.5 Å². The van der Waals surface area contributed by atoms with Gasteiger partial charge in [-0.1, -0.05) is 30.3 Å². The highest BCUT2D eigenvalue weighted by atomic mass is 15.3. The zero-order chi connectivity index (χ0) is 22.2. The molecule has 0 saturated heterocycles. The Kier molecular flexibility index (Phi) is 4.83. The van der Waals surface area contributed by atoms with Gasteiger partial charge in [0.15, 0.2) is 5.65 Å². The van der Waals surface area contributed by atoms with Crippen LogP contribution in [0.4, 0.5) is 5.82 Å². The number of aromatic nitrogens is 5. The average molecular weight is 433 g/mol. The largest absolute Gasteiger partial charge is 0.366 e. The predicted octanol–water partition coefficient (Wildman–Crippen LogP) is 5.65. The lowest BCUT2D eigenvalue weighted by Crippen LogP contribution is -2.07. The van der Waals surface area contributed by atoms with Crippen LogP contribution in [-0.2, 0) is 6.54 Å². The quantitative estimate of drug-likeness (QED) is 0.375. The van der Waals surface area contributed by atoms with Gasteiger partial charge in [0.05, 0.1) is 17.6 Å². The smallest absolute Gasteiger partial charge is 0.161 e. The van der Waals surface area contributed by atoms with E-state index in [1.54, 1.807) is 0 Å². The van der Waals surface area contributed by atoms with Gasteiger partial charge in [0.2, 0.25) is 0 Å². The van der Waals surface area contributed by atoms with Crippen molar-refractivity contribution in [2.75, 3.05) is 5.32 Å². The van der Waals surface area contributed by atoms with Crippen molar-refractivity contribution in [1.29, 1.82) is 0 Å². The number of hydrogen-bond donors (Lipinski definition) is 1. The third-order valence-electron chi connectivity index (χ3n) is 6.19. The van der Waals surface area contributed by atoms with E-state index >= 15 is 0 Å². The fraction of sp³-hybridized carbons (Fsp3) is 0.185. The highest BCUT2D eigenvalue weighted by Gasteiger charge is 2.28. The minimum Gasteiger partial charge on any atom is -0.366 e. The number of aryl methyl sites for hydroxylation is 1. The summed E-state index contributed by atoms with van der Waals surface area (Å²) < 4.78 is 1.94.